The van der Waals surface area contributed by atoms with Gasteiger partial charge in [-0.25, -0.2) is 0 Å². The lowest BCUT2D eigenvalue weighted by Crippen LogP contribution is -2.82. The number of quaternary nitrogens is 1. The fourth-order valence-corrected chi connectivity index (χ4v) is 2.25. The van der Waals surface area contributed by atoms with Crippen LogP contribution < -0.4 is 14.8 Å². The summed E-state index contributed by atoms with van der Waals surface area (Å²) in [5.41, 5.74) is 2.49. The van der Waals surface area contributed by atoms with Crippen molar-refractivity contribution in [1.29, 1.82) is 0 Å². The molecule has 2 N–H and O–H groups in total. The van der Waals surface area contributed by atoms with E-state index in [0.29, 0.717) is 6.61 Å². The van der Waals surface area contributed by atoms with Gasteiger partial charge >= 0.3 is 0 Å². The molecule has 116 valence electrons. The van der Waals surface area contributed by atoms with E-state index in [1.54, 1.807) is 7.11 Å². The quantitative estimate of drug-likeness (QED) is 0.570. The van der Waals surface area contributed by atoms with Crippen LogP contribution in [0.1, 0.15) is 11.1 Å². The van der Waals surface area contributed by atoms with Crippen LogP contribution >= 0.6 is 0 Å². The first kappa shape index (κ1) is 16.1. The van der Waals surface area contributed by atoms with E-state index in [-0.39, 0.29) is 0 Å². The third-order valence-electron chi connectivity index (χ3n) is 3.43. The van der Waals surface area contributed by atoms with Gasteiger partial charge in [-0.2, -0.15) is 0 Å². The van der Waals surface area contributed by atoms with Gasteiger partial charge in [-0.05, 0) is 29.8 Å². The molecule has 2 rings (SSSR count). The highest BCUT2D eigenvalue weighted by molar-refractivity contribution is 5.42. The predicted molar refractivity (Wildman–Crippen MR) is 89.3 cm³/mol. The smallest absolute Gasteiger partial charge is 0.161 e. The minimum atomic E-state index is 0.641. The SMILES string of the molecule is C=CC[NH2+]Cc1ccc(OCCc2ccccc2)c(OC)c1. The molecule has 0 aliphatic heterocycles. The molecule has 0 bridgehead atoms. The number of ether oxygens (including phenoxy) is 2. The maximum absolute atomic E-state index is 5.86. The molecule has 0 spiro atoms. The lowest BCUT2D eigenvalue weighted by atomic mass is 10.1. The monoisotopic (exact) mass is 298 g/mol. The van der Waals surface area contributed by atoms with Gasteiger partial charge in [-0.15, -0.1) is 0 Å². The van der Waals surface area contributed by atoms with Gasteiger partial charge in [0.15, 0.2) is 11.5 Å². The highest BCUT2D eigenvalue weighted by Crippen LogP contribution is 2.27. The summed E-state index contributed by atoms with van der Waals surface area (Å²) in [6, 6.07) is 16.4. The number of nitrogens with two attached hydrogens (primary N) is 1. The molecule has 3 nitrogen and oxygen atoms in total. The Morgan fingerprint density at radius 3 is 2.59 bits per heavy atom. The number of rotatable bonds is 9. The maximum Gasteiger partial charge on any atom is 0.161 e. The summed E-state index contributed by atoms with van der Waals surface area (Å²) >= 11 is 0. The summed E-state index contributed by atoms with van der Waals surface area (Å²) in [6.45, 7) is 6.19. The van der Waals surface area contributed by atoms with Gasteiger partial charge in [0.1, 0.15) is 6.54 Å². The molecule has 0 fully saturated rings. The molecular formula is C19H24NO2+. The summed E-state index contributed by atoms with van der Waals surface area (Å²) in [5.74, 6) is 1.59. The number of hydrogen-bond donors (Lipinski definition) is 1. The number of methoxy groups -OCH3 is 1. The lowest BCUT2D eigenvalue weighted by Gasteiger charge is -2.12. The molecule has 0 aromatic heterocycles. The summed E-state index contributed by atoms with van der Waals surface area (Å²) in [5, 5.41) is 2.19. The zero-order valence-corrected chi connectivity index (χ0v) is 13.1. The Morgan fingerprint density at radius 2 is 1.86 bits per heavy atom. The molecule has 0 saturated heterocycles. The van der Waals surface area contributed by atoms with Crippen LogP contribution in [0.2, 0.25) is 0 Å². The Morgan fingerprint density at radius 1 is 1.05 bits per heavy atom. The van der Waals surface area contributed by atoms with Gasteiger partial charge in [0.2, 0.25) is 0 Å². The normalized spacial score (nSPS) is 10.2. The predicted octanol–water partition coefficient (Wildman–Crippen LogP) is 2.57. The van der Waals surface area contributed by atoms with Gasteiger partial charge in [0.05, 0.1) is 20.3 Å². The third-order valence-corrected chi connectivity index (χ3v) is 3.43. The van der Waals surface area contributed by atoms with Crippen LogP contribution in [0.4, 0.5) is 0 Å². The molecule has 0 aliphatic carbocycles. The van der Waals surface area contributed by atoms with Gasteiger partial charge in [-0.1, -0.05) is 36.9 Å². The van der Waals surface area contributed by atoms with Crippen molar-refractivity contribution in [3.8, 4) is 11.5 Å². The summed E-state index contributed by atoms with van der Waals surface area (Å²) in [4.78, 5) is 0. The maximum atomic E-state index is 5.86. The molecule has 0 heterocycles. The third kappa shape index (κ3) is 4.93. The van der Waals surface area contributed by atoms with E-state index in [2.05, 4.69) is 30.1 Å². The number of hydrogen-bond acceptors (Lipinski definition) is 2. The van der Waals surface area contributed by atoms with Crippen molar-refractivity contribution in [2.45, 2.75) is 13.0 Å². The molecule has 0 radical (unpaired) electrons. The van der Waals surface area contributed by atoms with Crippen molar-refractivity contribution in [1.82, 2.24) is 0 Å². The second kappa shape index (κ2) is 8.90. The first-order chi connectivity index (χ1) is 10.8. The van der Waals surface area contributed by atoms with E-state index in [9.17, 15) is 0 Å². The van der Waals surface area contributed by atoms with E-state index < -0.39 is 0 Å². The van der Waals surface area contributed by atoms with Crippen molar-refractivity contribution in [3.05, 3.63) is 72.3 Å². The van der Waals surface area contributed by atoms with Gasteiger partial charge in [-0.3, -0.25) is 0 Å². The Bertz CT molecular complexity index is 581. The molecule has 0 amide bonds. The standard InChI is InChI=1S/C19H23NO2/c1-3-12-20-15-17-9-10-18(19(14-17)21-2)22-13-11-16-7-5-4-6-8-16/h3-10,14,20H,1,11-13,15H2,2H3/p+1. The molecule has 2 aromatic carbocycles. The second-order valence-electron chi connectivity index (χ2n) is 5.09. The zero-order valence-electron chi connectivity index (χ0n) is 13.1. The van der Waals surface area contributed by atoms with Crippen LogP contribution in [-0.4, -0.2) is 20.3 Å². The number of benzene rings is 2. The molecule has 0 aliphatic rings. The van der Waals surface area contributed by atoms with E-state index in [1.165, 1.54) is 11.1 Å². The first-order valence-corrected chi connectivity index (χ1v) is 7.59. The van der Waals surface area contributed by atoms with E-state index in [1.807, 2.05) is 36.4 Å². The van der Waals surface area contributed by atoms with E-state index in [4.69, 9.17) is 9.47 Å². The Labute approximate surface area is 132 Å². The fourth-order valence-electron chi connectivity index (χ4n) is 2.25. The Hall–Kier alpha value is -2.26. The highest BCUT2D eigenvalue weighted by Gasteiger charge is 2.06. The van der Waals surface area contributed by atoms with Crippen LogP contribution in [0.15, 0.2) is 61.2 Å². The Kier molecular flexibility index (Phi) is 6.52. The minimum Gasteiger partial charge on any atom is -0.493 e. The average Bonchev–Trinajstić information content (AvgIpc) is 2.57. The van der Waals surface area contributed by atoms with Gasteiger partial charge in [0.25, 0.3) is 0 Å². The van der Waals surface area contributed by atoms with Crippen molar-refractivity contribution in [2.75, 3.05) is 20.3 Å². The van der Waals surface area contributed by atoms with E-state index in [0.717, 1.165) is 31.0 Å². The molecule has 22 heavy (non-hydrogen) atoms. The molecule has 0 atom stereocenters. The average molecular weight is 298 g/mol. The highest BCUT2D eigenvalue weighted by atomic mass is 16.5. The van der Waals surface area contributed by atoms with Crippen molar-refractivity contribution in [2.24, 2.45) is 0 Å². The first-order valence-electron chi connectivity index (χ1n) is 7.59. The summed E-state index contributed by atoms with van der Waals surface area (Å²) < 4.78 is 11.3. The largest absolute Gasteiger partial charge is 0.493 e. The van der Waals surface area contributed by atoms with Crippen LogP contribution in [0.5, 0.6) is 11.5 Å². The topological polar surface area (TPSA) is 35.1 Å². The van der Waals surface area contributed by atoms with Gasteiger partial charge < -0.3 is 14.8 Å². The molecular weight excluding hydrogens is 274 g/mol. The van der Waals surface area contributed by atoms with Crippen LogP contribution in [-0.2, 0) is 13.0 Å². The minimum absolute atomic E-state index is 0.641. The van der Waals surface area contributed by atoms with Crippen LogP contribution in [0, 0.1) is 0 Å². The Balaban J connectivity index is 1.91. The van der Waals surface area contributed by atoms with Crippen LogP contribution in [0.25, 0.3) is 0 Å². The van der Waals surface area contributed by atoms with E-state index >= 15 is 0 Å². The van der Waals surface area contributed by atoms with Crippen molar-refractivity contribution >= 4 is 0 Å². The second-order valence-corrected chi connectivity index (χ2v) is 5.09. The summed E-state index contributed by atoms with van der Waals surface area (Å²) in [6.07, 6.45) is 2.79. The molecule has 3 heteroatoms. The van der Waals surface area contributed by atoms with Gasteiger partial charge in [0, 0.05) is 12.0 Å². The zero-order chi connectivity index (χ0) is 15.6. The molecule has 2 aromatic rings. The molecule has 0 saturated carbocycles. The van der Waals surface area contributed by atoms with Crippen molar-refractivity contribution in [3.63, 3.8) is 0 Å². The fraction of sp³-hybridized carbons (Fsp3) is 0.263. The molecule has 0 unspecified atom stereocenters. The van der Waals surface area contributed by atoms with Crippen molar-refractivity contribution < 1.29 is 14.8 Å². The summed E-state index contributed by atoms with van der Waals surface area (Å²) in [7, 11) is 1.68. The lowest BCUT2D eigenvalue weighted by molar-refractivity contribution is -0.662. The van der Waals surface area contributed by atoms with Crippen LogP contribution in [0.3, 0.4) is 0 Å².